The van der Waals surface area contributed by atoms with Crippen LogP contribution in [0.5, 0.6) is 5.75 Å². The Balaban J connectivity index is 1.46. The van der Waals surface area contributed by atoms with Crippen LogP contribution < -0.4 is 10.1 Å². The lowest BCUT2D eigenvalue weighted by Gasteiger charge is -2.32. The SMILES string of the molecule is COc1ccccc1NC(=O)[C@H]1CCCN(C(=O)c2ccc3cc[nH]c3c2)C1. The van der Waals surface area contributed by atoms with E-state index in [0.717, 1.165) is 23.7 Å². The van der Waals surface area contributed by atoms with Gasteiger partial charge >= 0.3 is 0 Å². The minimum atomic E-state index is -0.239. The van der Waals surface area contributed by atoms with Gasteiger partial charge in [-0.2, -0.15) is 0 Å². The summed E-state index contributed by atoms with van der Waals surface area (Å²) in [5.41, 5.74) is 2.23. The van der Waals surface area contributed by atoms with Gasteiger partial charge in [0.25, 0.3) is 5.91 Å². The number of likely N-dealkylation sites (tertiary alicyclic amines) is 1. The van der Waals surface area contributed by atoms with E-state index in [4.69, 9.17) is 4.74 Å². The number of methoxy groups -OCH3 is 1. The minimum Gasteiger partial charge on any atom is -0.495 e. The number of carbonyl (C=O) groups is 2. The van der Waals surface area contributed by atoms with Crippen LogP contribution in [0.4, 0.5) is 5.69 Å². The van der Waals surface area contributed by atoms with Crippen molar-refractivity contribution in [2.45, 2.75) is 12.8 Å². The Hall–Kier alpha value is -3.28. The maximum Gasteiger partial charge on any atom is 0.253 e. The number of hydrogen-bond acceptors (Lipinski definition) is 3. The van der Waals surface area contributed by atoms with E-state index < -0.39 is 0 Å². The third-order valence-corrected chi connectivity index (χ3v) is 5.25. The van der Waals surface area contributed by atoms with Crippen molar-refractivity contribution in [1.29, 1.82) is 0 Å². The first-order valence-electron chi connectivity index (χ1n) is 9.46. The lowest BCUT2D eigenvalue weighted by Crippen LogP contribution is -2.43. The fraction of sp³-hybridized carbons (Fsp3) is 0.273. The molecule has 2 heterocycles. The molecule has 4 rings (SSSR count). The highest BCUT2D eigenvalue weighted by Gasteiger charge is 2.29. The zero-order valence-corrected chi connectivity index (χ0v) is 15.8. The van der Waals surface area contributed by atoms with Crippen LogP contribution >= 0.6 is 0 Å². The Labute approximate surface area is 163 Å². The zero-order chi connectivity index (χ0) is 19.5. The summed E-state index contributed by atoms with van der Waals surface area (Å²) in [6.45, 7) is 1.09. The summed E-state index contributed by atoms with van der Waals surface area (Å²) >= 11 is 0. The molecule has 1 saturated heterocycles. The number of aromatic nitrogens is 1. The second-order valence-corrected chi connectivity index (χ2v) is 7.06. The van der Waals surface area contributed by atoms with Crippen molar-refractivity contribution in [3.8, 4) is 5.75 Å². The highest BCUT2D eigenvalue weighted by Crippen LogP contribution is 2.26. The Bertz CT molecular complexity index is 1010. The number of piperidine rings is 1. The van der Waals surface area contributed by atoms with Crippen molar-refractivity contribution in [2.75, 3.05) is 25.5 Å². The van der Waals surface area contributed by atoms with E-state index in [1.807, 2.05) is 54.7 Å². The Morgan fingerprint density at radius 3 is 2.89 bits per heavy atom. The van der Waals surface area contributed by atoms with E-state index in [-0.39, 0.29) is 17.7 Å². The van der Waals surface area contributed by atoms with Gasteiger partial charge in [-0.3, -0.25) is 9.59 Å². The summed E-state index contributed by atoms with van der Waals surface area (Å²) in [4.78, 5) is 30.6. The summed E-state index contributed by atoms with van der Waals surface area (Å²) < 4.78 is 5.30. The minimum absolute atomic E-state index is 0.0358. The second-order valence-electron chi connectivity index (χ2n) is 7.06. The van der Waals surface area contributed by atoms with Crippen LogP contribution in [-0.4, -0.2) is 41.9 Å². The predicted molar refractivity (Wildman–Crippen MR) is 109 cm³/mol. The first kappa shape index (κ1) is 18.1. The number of nitrogens with zero attached hydrogens (tertiary/aromatic N) is 1. The second kappa shape index (κ2) is 7.76. The van der Waals surface area contributed by atoms with E-state index in [1.165, 1.54) is 0 Å². The van der Waals surface area contributed by atoms with Crippen molar-refractivity contribution >= 4 is 28.4 Å². The quantitative estimate of drug-likeness (QED) is 0.729. The summed E-state index contributed by atoms with van der Waals surface area (Å²) in [5, 5.41) is 4.02. The maximum absolute atomic E-state index is 13.0. The van der Waals surface area contributed by atoms with E-state index in [9.17, 15) is 9.59 Å². The molecule has 0 saturated carbocycles. The molecule has 1 atom stereocenters. The number of carbonyl (C=O) groups excluding carboxylic acids is 2. The topological polar surface area (TPSA) is 74.4 Å². The molecule has 1 aromatic heterocycles. The van der Waals surface area contributed by atoms with Gasteiger partial charge in [0.15, 0.2) is 0 Å². The number of ether oxygens (including phenoxy) is 1. The fourth-order valence-electron chi connectivity index (χ4n) is 3.72. The van der Waals surface area contributed by atoms with Gasteiger partial charge < -0.3 is 19.9 Å². The van der Waals surface area contributed by atoms with Crippen molar-refractivity contribution in [3.05, 3.63) is 60.3 Å². The van der Waals surface area contributed by atoms with Gasteiger partial charge in [0, 0.05) is 30.4 Å². The van der Waals surface area contributed by atoms with Crippen LogP contribution in [0, 0.1) is 5.92 Å². The molecule has 28 heavy (non-hydrogen) atoms. The van der Waals surface area contributed by atoms with E-state index in [1.54, 1.807) is 12.0 Å². The van der Waals surface area contributed by atoms with Gasteiger partial charge in [-0.1, -0.05) is 18.2 Å². The van der Waals surface area contributed by atoms with Crippen molar-refractivity contribution in [3.63, 3.8) is 0 Å². The number of para-hydroxylation sites is 2. The number of hydrogen-bond donors (Lipinski definition) is 2. The lowest BCUT2D eigenvalue weighted by atomic mass is 9.96. The van der Waals surface area contributed by atoms with Crippen LogP contribution in [0.25, 0.3) is 10.9 Å². The molecule has 0 radical (unpaired) electrons. The molecule has 3 aromatic rings. The van der Waals surface area contributed by atoms with Gasteiger partial charge in [0.2, 0.25) is 5.91 Å². The van der Waals surface area contributed by atoms with Crippen LogP contribution in [0.15, 0.2) is 54.7 Å². The average Bonchev–Trinajstić information content (AvgIpc) is 3.21. The van der Waals surface area contributed by atoms with Gasteiger partial charge in [0.05, 0.1) is 18.7 Å². The molecule has 1 aliphatic heterocycles. The van der Waals surface area contributed by atoms with E-state index in [0.29, 0.717) is 30.1 Å². The molecule has 2 aromatic carbocycles. The summed E-state index contributed by atoms with van der Waals surface area (Å²) in [6, 6.07) is 15.0. The van der Waals surface area contributed by atoms with Crippen LogP contribution in [0.3, 0.4) is 0 Å². The Kier molecular flexibility index (Phi) is 5.02. The van der Waals surface area contributed by atoms with Crippen molar-refractivity contribution in [2.24, 2.45) is 5.92 Å². The fourth-order valence-corrected chi connectivity index (χ4v) is 3.72. The molecular weight excluding hydrogens is 354 g/mol. The first-order chi connectivity index (χ1) is 13.7. The highest BCUT2D eigenvalue weighted by atomic mass is 16.5. The molecule has 0 spiro atoms. The Morgan fingerprint density at radius 1 is 1.18 bits per heavy atom. The van der Waals surface area contributed by atoms with Gasteiger partial charge in [-0.15, -0.1) is 0 Å². The largest absolute Gasteiger partial charge is 0.495 e. The molecule has 6 heteroatoms. The number of H-pyrrole nitrogens is 1. The maximum atomic E-state index is 13.0. The van der Waals surface area contributed by atoms with E-state index in [2.05, 4.69) is 10.3 Å². The standard InChI is InChI=1S/C22H23N3O3/c1-28-20-7-3-2-6-18(20)24-21(26)17-5-4-12-25(14-17)22(27)16-9-8-15-10-11-23-19(15)13-16/h2-3,6-11,13,17,23H,4-5,12,14H2,1H3,(H,24,26)/t17-/m0/s1. The average molecular weight is 377 g/mol. The third-order valence-electron chi connectivity index (χ3n) is 5.25. The molecule has 6 nitrogen and oxygen atoms in total. The molecule has 2 amide bonds. The highest BCUT2D eigenvalue weighted by molar-refractivity contribution is 5.99. The molecule has 1 fully saturated rings. The summed E-state index contributed by atoms with van der Waals surface area (Å²) in [5.74, 6) is 0.267. The lowest BCUT2D eigenvalue weighted by molar-refractivity contribution is -0.121. The number of anilines is 1. The number of benzene rings is 2. The smallest absolute Gasteiger partial charge is 0.253 e. The van der Waals surface area contributed by atoms with Crippen molar-refractivity contribution in [1.82, 2.24) is 9.88 Å². The van der Waals surface area contributed by atoms with Gasteiger partial charge in [-0.05, 0) is 48.6 Å². The Morgan fingerprint density at radius 2 is 2.04 bits per heavy atom. The third kappa shape index (κ3) is 3.58. The predicted octanol–water partition coefficient (Wildman–Crippen LogP) is 3.67. The number of aromatic amines is 1. The molecule has 2 N–H and O–H groups in total. The van der Waals surface area contributed by atoms with Gasteiger partial charge in [-0.25, -0.2) is 0 Å². The molecule has 1 aliphatic rings. The molecule has 0 unspecified atom stereocenters. The zero-order valence-electron chi connectivity index (χ0n) is 15.8. The van der Waals surface area contributed by atoms with Crippen LogP contribution in [0.2, 0.25) is 0 Å². The van der Waals surface area contributed by atoms with Crippen LogP contribution in [-0.2, 0) is 4.79 Å². The van der Waals surface area contributed by atoms with Crippen molar-refractivity contribution < 1.29 is 14.3 Å². The number of amides is 2. The molecule has 0 aliphatic carbocycles. The number of rotatable bonds is 4. The summed E-state index contributed by atoms with van der Waals surface area (Å²) in [7, 11) is 1.58. The monoisotopic (exact) mass is 377 g/mol. The van der Waals surface area contributed by atoms with E-state index >= 15 is 0 Å². The molecular formula is C22H23N3O3. The van der Waals surface area contributed by atoms with Gasteiger partial charge in [0.1, 0.15) is 5.75 Å². The normalized spacial score (nSPS) is 16.8. The summed E-state index contributed by atoms with van der Waals surface area (Å²) in [6.07, 6.45) is 3.43. The number of fused-ring (bicyclic) bond motifs is 1. The number of nitrogens with one attached hydrogen (secondary N) is 2. The van der Waals surface area contributed by atoms with Crippen LogP contribution in [0.1, 0.15) is 23.2 Å². The first-order valence-corrected chi connectivity index (χ1v) is 9.46. The molecule has 0 bridgehead atoms. The molecule has 144 valence electrons.